The van der Waals surface area contributed by atoms with E-state index in [1.165, 1.54) is 11.1 Å². The lowest BCUT2D eigenvalue weighted by molar-refractivity contribution is 0.183. The van der Waals surface area contributed by atoms with Crippen LogP contribution in [0.15, 0.2) is 36.9 Å². The van der Waals surface area contributed by atoms with Crippen LogP contribution in [-0.2, 0) is 10.3 Å². The number of aryl methyl sites for hydroxylation is 1. The van der Waals surface area contributed by atoms with Crippen LogP contribution < -0.4 is 0 Å². The van der Waals surface area contributed by atoms with Gasteiger partial charge in [0.15, 0.2) is 0 Å². The number of epoxide rings is 1. The van der Waals surface area contributed by atoms with Crippen molar-refractivity contribution in [3.05, 3.63) is 48.0 Å². The van der Waals surface area contributed by atoms with E-state index < -0.39 is 0 Å². The van der Waals surface area contributed by atoms with E-state index in [2.05, 4.69) is 51.6 Å². The second-order valence-electron chi connectivity index (χ2n) is 4.91. The predicted molar refractivity (Wildman–Crippen MR) is 62.8 cm³/mol. The van der Waals surface area contributed by atoms with Crippen molar-refractivity contribution in [2.24, 2.45) is 5.41 Å². The number of ether oxygens (including phenoxy) is 1. The molecule has 1 aromatic rings. The van der Waals surface area contributed by atoms with Gasteiger partial charge in [0.05, 0.1) is 6.61 Å². The highest BCUT2D eigenvalue weighted by Crippen LogP contribution is 2.53. The molecule has 15 heavy (non-hydrogen) atoms. The molecule has 0 N–H and O–H groups in total. The van der Waals surface area contributed by atoms with Gasteiger partial charge in [-0.05, 0) is 12.5 Å². The van der Waals surface area contributed by atoms with E-state index in [1.807, 2.05) is 6.08 Å². The van der Waals surface area contributed by atoms with Gasteiger partial charge in [-0.1, -0.05) is 49.8 Å². The van der Waals surface area contributed by atoms with Gasteiger partial charge in [0.1, 0.15) is 5.60 Å². The fraction of sp³-hybridized carbons (Fsp3) is 0.429. The summed E-state index contributed by atoms with van der Waals surface area (Å²) in [5.74, 6) is 0. The van der Waals surface area contributed by atoms with E-state index in [0.717, 1.165) is 6.61 Å². The molecule has 80 valence electrons. The Bertz CT molecular complexity index is 369. The Morgan fingerprint density at radius 3 is 2.27 bits per heavy atom. The van der Waals surface area contributed by atoms with Crippen molar-refractivity contribution >= 4 is 0 Å². The smallest absolute Gasteiger partial charge is 0.125 e. The minimum Gasteiger partial charge on any atom is -0.364 e. The van der Waals surface area contributed by atoms with Crippen molar-refractivity contribution in [3.63, 3.8) is 0 Å². The number of hydrogen-bond donors (Lipinski definition) is 0. The molecule has 1 fully saturated rings. The molecule has 0 saturated carbocycles. The molecule has 1 aliphatic rings. The Labute approximate surface area is 91.8 Å². The van der Waals surface area contributed by atoms with Crippen LogP contribution in [0, 0.1) is 12.3 Å². The van der Waals surface area contributed by atoms with Crippen molar-refractivity contribution in [1.82, 2.24) is 0 Å². The van der Waals surface area contributed by atoms with Crippen molar-refractivity contribution in [3.8, 4) is 0 Å². The monoisotopic (exact) mass is 202 g/mol. The molecule has 1 heteroatoms. The fourth-order valence-electron chi connectivity index (χ4n) is 1.97. The Morgan fingerprint density at radius 1 is 1.33 bits per heavy atom. The van der Waals surface area contributed by atoms with Crippen LogP contribution >= 0.6 is 0 Å². The lowest BCUT2D eigenvalue weighted by Gasteiger charge is -2.28. The fourth-order valence-corrected chi connectivity index (χ4v) is 1.97. The summed E-state index contributed by atoms with van der Waals surface area (Å²) < 4.78 is 5.71. The zero-order chi connectivity index (χ0) is 11.1. The van der Waals surface area contributed by atoms with Crippen LogP contribution in [-0.4, -0.2) is 6.61 Å². The lowest BCUT2D eigenvalue weighted by atomic mass is 9.75. The minimum absolute atomic E-state index is 0.0116. The molecule has 1 aliphatic heterocycles. The predicted octanol–water partition coefficient (Wildman–Crippen LogP) is 3.43. The van der Waals surface area contributed by atoms with Crippen LogP contribution in [0.2, 0.25) is 0 Å². The molecule has 1 unspecified atom stereocenters. The standard InChI is InChI=1S/C14H18O/c1-5-13(3,4)14(10-15-14)12-8-6-11(2)7-9-12/h5-9H,1,10H2,2-4H3. The number of rotatable bonds is 3. The van der Waals surface area contributed by atoms with Gasteiger partial charge in [0, 0.05) is 5.41 Å². The SMILES string of the molecule is C=CC(C)(C)C1(c2ccc(C)cc2)CO1. The van der Waals surface area contributed by atoms with E-state index in [4.69, 9.17) is 4.74 Å². The zero-order valence-corrected chi connectivity index (χ0v) is 9.71. The van der Waals surface area contributed by atoms with Crippen LogP contribution in [0.3, 0.4) is 0 Å². The van der Waals surface area contributed by atoms with Gasteiger partial charge in [0.25, 0.3) is 0 Å². The molecule has 1 saturated heterocycles. The summed E-state index contributed by atoms with van der Waals surface area (Å²) in [6, 6.07) is 8.59. The number of hydrogen-bond acceptors (Lipinski definition) is 1. The molecule has 1 nitrogen and oxygen atoms in total. The van der Waals surface area contributed by atoms with Crippen molar-refractivity contribution in [2.75, 3.05) is 6.61 Å². The Morgan fingerprint density at radius 2 is 1.87 bits per heavy atom. The molecule has 0 aliphatic carbocycles. The Hall–Kier alpha value is -1.08. The summed E-state index contributed by atoms with van der Waals surface area (Å²) in [6.45, 7) is 11.1. The van der Waals surface area contributed by atoms with Crippen LogP contribution in [0.5, 0.6) is 0 Å². The second kappa shape index (κ2) is 3.21. The van der Waals surface area contributed by atoms with E-state index in [-0.39, 0.29) is 11.0 Å². The average molecular weight is 202 g/mol. The third kappa shape index (κ3) is 1.51. The minimum atomic E-state index is -0.136. The first-order chi connectivity index (χ1) is 7.02. The normalized spacial score (nSPS) is 25.0. The topological polar surface area (TPSA) is 12.5 Å². The molecule has 1 atom stereocenters. The zero-order valence-electron chi connectivity index (χ0n) is 9.71. The van der Waals surface area contributed by atoms with E-state index in [0.29, 0.717) is 0 Å². The largest absolute Gasteiger partial charge is 0.364 e. The van der Waals surface area contributed by atoms with Gasteiger partial charge < -0.3 is 4.74 Å². The van der Waals surface area contributed by atoms with Gasteiger partial charge in [-0.15, -0.1) is 6.58 Å². The van der Waals surface area contributed by atoms with E-state index in [9.17, 15) is 0 Å². The average Bonchev–Trinajstić information content (AvgIpc) is 3.00. The van der Waals surface area contributed by atoms with Gasteiger partial charge in [0.2, 0.25) is 0 Å². The summed E-state index contributed by atoms with van der Waals surface area (Å²) in [4.78, 5) is 0. The highest BCUT2D eigenvalue weighted by atomic mass is 16.6. The summed E-state index contributed by atoms with van der Waals surface area (Å²) >= 11 is 0. The number of benzene rings is 1. The maximum absolute atomic E-state index is 5.71. The van der Waals surface area contributed by atoms with Crippen molar-refractivity contribution in [2.45, 2.75) is 26.4 Å². The second-order valence-corrected chi connectivity index (χ2v) is 4.91. The summed E-state index contributed by atoms with van der Waals surface area (Å²) in [5.41, 5.74) is 2.40. The summed E-state index contributed by atoms with van der Waals surface area (Å²) in [5, 5.41) is 0. The van der Waals surface area contributed by atoms with E-state index in [1.54, 1.807) is 0 Å². The van der Waals surface area contributed by atoms with E-state index >= 15 is 0 Å². The maximum atomic E-state index is 5.71. The Balaban J connectivity index is 2.39. The molecular formula is C14H18O. The quantitative estimate of drug-likeness (QED) is 0.540. The first-order valence-electron chi connectivity index (χ1n) is 5.36. The molecule has 0 spiro atoms. The molecule has 2 rings (SSSR count). The van der Waals surface area contributed by atoms with Crippen LogP contribution in [0.1, 0.15) is 25.0 Å². The molecule has 0 aromatic heterocycles. The highest BCUT2D eigenvalue weighted by molar-refractivity contribution is 5.33. The van der Waals surface area contributed by atoms with Crippen LogP contribution in [0.25, 0.3) is 0 Å². The van der Waals surface area contributed by atoms with Gasteiger partial charge >= 0.3 is 0 Å². The summed E-state index contributed by atoms with van der Waals surface area (Å²) in [7, 11) is 0. The molecule has 0 radical (unpaired) electrons. The van der Waals surface area contributed by atoms with Crippen molar-refractivity contribution < 1.29 is 4.74 Å². The van der Waals surface area contributed by atoms with Crippen LogP contribution in [0.4, 0.5) is 0 Å². The third-order valence-corrected chi connectivity index (χ3v) is 3.50. The molecule has 0 bridgehead atoms. The molecular weight excluding hydrogens is 184 g/mol. The first kappa shape index (κ1) is 10.4. The van der Waals surface area contributed by atoms with Gasteiger partial charge in [-0.25, -0.2) is 0 Å². The van der Waals surface area contributed by atoms with Gasteiger partial charge in [-0.2, -0.15) is 0 Å². The maximum Gasteiger partial charge on any atom is 0.125 e. The first-order valence-corrected chi connectivity index (χ1v) is 5.36. The third-order valence-electron chi connectivity index (χ3n) is 3.50. The molecule has 1 aromatic carbocycles. The lowest BCUT2D eigenvalue weighted by Crippen LogP contribution is -2.28. The molecule has 0 amide bonds. The Kier molecular flexibility index (Phi) is 2.23. The molecule has 1 heterocycles. The van der Waals surface area contributed by atoms with Gasteiger partial charge in [-0.3, -0.25) is 0 Å². The van der Waals surface area contributed by atoms with Crippen molar-refractivity contribution in [1.29, 1.82) is 0 Å². The summed E-state index contributed by atoms with van der Waals surface area (Å²) in [6.07, 6.45) is 1.99. The highest BCUT2D eigenvalue weighted by Gasteiger charge is 2.56.